The average molecular weight is 253 g/mol. The minimum Gasteiger partial charge on any atom is -0.341 e. The maximum Gasteiger partial charge on any atom is 0.239 e. The van der Waals surface area contributed by atoms with Crippen molar-refractivity contribution in [2.24, 2.45) is 17.6 Å². The van der Waals surface area contributed by atoms with Gasteiger partial charge in [-0.05, 0) is 44.7 Å². The molecule has 0 aliphatic carbocycles. The van der Waals surface area contributed by atoms with Crippen LogP contribution in [0.2, 0.25) is 0 Å². The van der Waals surface area contributed by atoms with E-state index in [1.54, 1.807) is 0 Å². The summed E-state index contributed by atoms with van der Waals surface area (Å²) < 4.78 is 0. The van der Waals surface area contributed by atoms with Gasteiger partial charge >= 0.3 is 0 Å². The number of carbonyl (C=O) groups excluding carboxylic acids is 1. The van der Waals surface area contributed by atoms with E-state index < -0.39 is 0 Å². The molecule has 0 radical (unpaired) electrons. The fourth-order valence-electron chi connectivity index (χ4n) is 3.35. The second kappa shape index (κ2) is 5.57. The van der Waals surface area contributed by atoms with E-state index >= 15 is 0 Å². The Balaban J connectivity index is 1.96. The standard InChI is InChI=1S/C14H27N3O/c1-10(2)13(15)14(18)17-8-6-12-11(9-17)5-4-7-16(12)3/h10-13H,4-9,15H2,1-3H3/t11?,12?,13-/m1/s1. The molecule has 0 aromatic carbocycles. The Hall–Kier alpha value is -0.610. The summed E-state index contributed by atoms with van der Waals surface area (Å²) in [4.78, 5) is 16.8. The van der Waals surface area contributed by atoms with Gasteiger partial charge in [0.15, 0.2) is 0 Å². The number of amides is 1. The second-order valence-electron chi connectivity index (χ2n) is 6.29. The number of piperidine rings is 2. The molecular weight excluding hydrogens is 226 g/mol. The lowest BCUT2D eigenvalue weighted by molar-refractivity contribution is -0.137. The van der Waals surface area contributed by atoms with Gasteiger partial charge in [-0.2, -0.15) is 0 Å². The summed E-state index contributed by atoms with van der Waals surface area (Å²) in [5.41, 5.74) is 5.98. The zero-order valence-electron chi connectivity index (χ0n) is 11.9. The maximum absolute atomic E-state index is 12.3. The first-order valence-electron chi connectivity index (χ1n) is 7.25. The van der Waals surface area contributed by atoms with Crippen molar-refractivity contribution in [3.05, 3.63) is 0 Å². The number of fused-ring (bicyclic) bond motifs is 1. The summed E-state index contributed by atoms with van der Waals surface area (Å²) in [7, 11) is 2.22. The third-order valence-corrected chi connectivity index (χ3v) is 4.66. The van der Waals surface area contributed by atoms with Crippen molar-refractivity contribution in [2.75, 3.05) is 26.7 Å². The second-order valence-corrected chi connectivity index (χ2v) is 6.29. The van der Waals surface area contributed by atoms with E-state index in [2.05, 4.69) is 11.9 Å². The maximum atomic E-state index is 12.3. The molecule has 1 amide bonds. The third-order valence-electron chi connectivity index (χ3n) is 4.66. The summed E-state index contributed by atoms with van der Waals surface area (Å²) in [6, 6.07) is 0.348. The third kappa shape index (κ3) is 2.69. The van der Waals surface area contributed by atoms with Gasteiger partial charge in [0.05, 0.1) is 6.04 Å². The molecule has 2 aliphatic rings. The van der Waals surface area contributed by atoms with Crippen molar-refractivity contribution in [1.29, 1.82) is 0 Å². The average Bonchev–Trinajstić information content (AvgIpc) is 2.36. The van der Waals surface area contributed by atoms with Crippen molar-refractivity contribution in [2.45, 2.75) is 45.2 Å². The predicted molar refractivity (Wildman–Crippen MR) is 73.2 cm³/mol. The van der Waals surface area contributed by atoms with Crippen LogP contribution in [0, 0.1) is 11.8 Å². The first-order valence-corrected chi connectivity index (χ1v) is 7.25. The predicted octanol–water partition coefficient (Wildman–Crippen LogP) is 0.912. The summed E-state index contributed by atoms with van der Waals surface area (Å²) in [5.74, 6) is 1.03. The zero-order valence-corrected chi connectivity index (χ0v) is 11.9. The van der Waals surface area contributed by atoms with Gasteiger partial charge in [-0.1, -0.05) is 13.8 Å². The van der Waals surface area contributed by atoms with Gasteiger partial charge in [-0.3, -0.25) is 4.79 Å². The van der Waals surface area contributed by atoms with Crippen LogP contribution < -0.4 is 5.73 Å². The highest BCUT2D eigenvalue weighted by molar-refractivity contribution is 5.82. The van der Waals surface area contributed by atoms with Crippen molar-refractivity contribution in [3.63, 3.8) is 0 Å². The lowest BCUT2D eigenvalue weighted by Gasteiger charge is -2.46. The molecule has 2 fully saturated rings. The van der Waals surface area contributed by atoms with E-state index in [-0.39, 0.29) is 17.9 Å². The Morgan fingerprint density at radius 2 is 2.00 bits per heavy atom. The number of carbonyl (C=O) groups is 1. The first kappa shape index (κ1) is 13.8. The molecule has 3 atom stereocenters. The normalized spacial score (nSPS) is 31.3. The molecule has 104 valence electrons. The van der Waals surface area contributed by atoms with E-state index in [9.17, 15) is 4.79 Å². The molecule has 0 saturated carbocycles. The van der Waals surface area contributed by atoms with Gasteiger partial charge in [0, 0.05) is 19.1 Å². The Kier molecular flexibility index (Phi) is 4.28. The molecule has 4 heteroatoms. The zero-order chi connectivity index (χ0) is 13.3. The van der Waals surface area contributed by atoms with Crippen LogP contribution in [-0.4, -0.2) is 54.5 Å². The van der Waals surface area contributed by atoms with E-state index in [4.69, 9.17) is 5.73 Å². The fourth-order valence-corrected chi connectivity index (χ4v) is 3.35. The SMILES string of the molecule is CC(C)[C@@H](N)C(=O)N1CCC2C(CCCN2C)C1. The molecule has 2 rings (SSSR count). The summed E-state index contributed by atoms with van der Waals surface area (Å²) >= 11 is 0. The van der Waals surface area contributed by atoms with Crippen molar-refractivity contribution in [3.8, 4) is 0 Å². The molecule has 0 bridgehead atoms. The van der Waals surface area contributed by atoms with Crippen LogP contribution >= 0.6 is 0 Å². The van der Waals surface area contributed by atoms with Gasteiger partial charge in [0.1, 0.15) is 0 Å². The summed E-state index contributed by atoms with van der Waals surface area (Å²) in [5, 5.41) is 0. The van der Waals surface area contributed by atoms with Crippen LogP contribution in [0.25, 0.3) is 0 Å². The largest absolute Gasteiger partial charge is 0.341 e. The van der Waals surface area contributed by atoms with Crippen molar-refractivity contribution >= 4 is 5.91 Å². The number of nitrogens with two attached hydrogens (primary N) is 1. The minimum absolute atomic E-state index is 0.150. The van der Waals surface area contributed by atoms with Crippen LogP contribution in [0.15, 0.2) is 0 Å². The van der Waals surface area contributed by atoms with Crippen LogP contribution in [0.5, 0.6) is 0 Å². The molecule has 2 unspecified atom stereocenters. The molecular formula is C14H27N3O. The quantitative estimate of drug-likeness (QED) is 0.796. The Labute approximate surface area is 110 Å². The smallest absolute Gasteiger partial charge is 0.239 e. The Bertz CT molecular complexity index is 305. The molecule has 0 spiro atoms. The lowest BCUT2D eigenvalue weighted by Crippen LogP contribution is -2.57. The number of likely N-dealkylation sites (tertiary alicyclic amines) is 2. The molecule has 2 heterocycles. The first-order chi connectivity index (χ1) is 8.50. The monoisotopic (exact) mass is 253 g/mol. The van der Waals surface area contributed by atoms with Crippen LogP contribution in [0.3, 0.4) is 0 Å². The highest BCUT2D eigenvalue weighted by Gasteiger charge is 2.37. The molecule has 2 aliphatic heterocycles. The minimum atomic E-state index is -0.331. The van der Waals surface area contributed by atoms with Gasteiger partial charge in [-0.15, -0.1) is 0 Å². The number of nitrogens with zero attached hydrogens (tertiary/aromatic N) is 2. The highest BCUT2D eigenvalue weighted by Crippen LogP contribution is 2.29. The van der Waals surface area contributed by atoms with Crippen molar-refractivity contribution in [1.82, 2.24) is 9.80 Å². The summed E-state index contributed by atoms with van der Waals surface area (Å²) in [6.07, 6.45) is 3.63. The molecule has 2 N–H and O–H groups in total. The Morgan fingerprint density at radius 1 is 1.28 bits per heavy atom. The molecule has 18 heavy (non-hydrogen) atoms. The molecule has 2 saturated heterocycles. The van der Waals surface area contributed by atoms with Gasteiger partial charge in [-0.25, -0.2) is 0 Å². The number of hydrogen-bond acceptors (Lipinski definition) is 3. The number of rotatable bonds is 2. The van der Waals surface area contributed by atoms with Crippen LogP contribution in [-0.2, 0) is 4.79 Å². The van der Waals surface area contributed by atoms with Gasteiger partial charge < -0.3 is 15.5 Å². The van der Waals surface area contributed by atoms with Gasteiger partial charge in [0.25, 0.3) is 0 Å². The van der Waals surface area contributed by atoms with Crippen molar-refractivity contribution < 1.29 is 4.79 Å². The van der Waals surface area contributed by atoms with E-state index in [0.29, 0.717) is 12.0 Å². The molecule has 0 aromatic rings. The molecule has 4 nitrogen and oxygen atoms in total. The lowest BCUT2D eigenvalue weighted by atomic mass is 9.84. The highest BCUT2D eigenvalue weighted by atomic mass is 16.2. The van der Waals surface area contributed by atoms with E-state index in [0.717, 1.165) is 19.5 Å². The van der Waals surface area contributed by atoms with E-state index in [1.165, 1.54) is 19.4 Å². The van der Waals surface area contributed by atoms with Crippen LogP contribution in [0.1, 0.15) is 33.1 Å². The Morgan fingerprint density at radius 3 is 2.67 bits per heavy atom. The molecule has 0 aromatic heterocycles. The topological polar surface area (TPSA) is 49.6 Å². The van der Waals surface area contributed by atoms with Gasteiger partial charge in [0.2, 0.25) is 5.91 Å². The van der Waals surface area contributed by atoms with E-state index in [1.807, 2.05) is 18.7 Å². The van der Waals surface area contributed by atoms with Crippen LogP contribution in [0.4, 0.5) is 0 Å². The number of hydrogen-bond donors (Lipinski definition) is 1. The fraction of sp³-hybridized carbons (Fsp3) is 0.929. The summed E-state index contributed by atoms with van der Waals surface area (Å²) in [6.45, 7) is 7.03.